The van der Waals surface area contributed by atoms with Gasteiger partial charge in [0.05, 0.1) is 5.66 Å². The second kappa shape index (κ2) is 7.37. The van der Waals surface area contributed by atoms with Crippen LogP contribution in [-0.4, -0.2) is 5.66 Å². The molecule has 0 bridgehead atoms. The van der Waals surface area contributed by atoms with Crippen molar-refractivity contribution < 1.29 is 0 Å². The van der Waals surface area contributed by atoms with Crippen molar-refractivity contribution in [1.29, 1.82) is 0 Å². The smallest absolute Gasteiger partial charge is 0.0801 e. The first-order chi connectivity index (χ1) is 11.8. The Labute approximate surface area is 168 Å². The van der Waals surface area contributed by atoms with Gasteiger partial charge < -0.3 is 11.5 Å². The number of hydrogen-bond donors (Lipinski definition) is 2. The summed E-state index contributed by atoms with van der Waals surface area (Å²) in [5, 5.41) is 0. The molecule has 2 nitrogen and oxygen atoms in total. The Morgan fingerprint density at radius 3 is 1.67 bits per heavy atom. The Morgan fingerprint density at radius 2 is 1.30 bits per heavy atom. The van der Waals surface area contributed by atoms with Gasteiger partial charge >= 0.3 is 0 Å². The van der Waals surface area contributed by atoms with E-state index in [1.54, 1.807) is 0 Å². The molecule has 0 spiro atoms. The van der Waals surface area contributed by atoms with E-state index in [1.165, 1.54) is 11.1 Å². The van der Waals surface area contributed by atoms with Crippen molar-refractivity contribution >= 4 is 5.57 Å². The summed E-state index contributed by atoms with van der Waals surface area (Å²) in [5.41, 5.74) is 15.7. The molecule has 0 amide bonds. The first-order valence-electron chi connectivity index (χ1n) is 10.1. The average molecular weight is 373 g/mol. The Kier molecular flexibility index (Phi) is 6.53. The molecule has 154 valence electrons. The zero-order valence-corrected chi connectivity index (χ0v) is 18.2. The van der Waals surface area contributed by atoms with E-state index in [4.69, 9.17) is 11.5 Å². The highest BCUT2D eigenvalue weighted by molar-refractivity contribution is 5.69. The second-order valence-corrected chi connectivity index (χ2v) is 10.3. The minimum Gasteiger partial charge on any atom is -0.312 e. The van der Waals surface area contributed by atoms with Crippen LogP contribution < -0.4 is 11.5 Å². The van der Waals surface area contributed by atoms with Crippen molar-refractivity contribution in [3.05, 3.63) is 42.0 Å². The molecule has 0 aliphatic heterocycles. The van der Waals surface area contributed by atoms with Gasteiger partial charge in [0, 0.05) is 10.8 Å². The van der Waals surface area contributed by atoms with Crippen molar-refractivity contribution in [2.45, 2.75) is 87.7 Å². The van der Waals surface area contributed by atoms with E-state index >= 15 is 0 Å². The van der Waals surface area contributed by atoms with Gasteiger partial charge in [0.2, 0.25) is 0 Å². The minimum absolute atomic E-state index is 0. The van der Waals surface area contributed by atoms with Crippen LogP contribution in [0.4, 0.5) is 0 Å². The molecule has 0 unspecified atom stereocenters. The van der Waals surface area contributed by atoms with Crippen LogP contribution in [0.5, 0.6) is 0 Å². The van der Waals surface area contributed by atoms with Crippen molar-refractivity contribution in [2.24, 2.45) is 33.1 Å². The van der Waals surface area contributed by atoms with Crippen molar-refractivity contribution in [2.75, 3.05) is 0 Å². The van der Waals surface area contributed by atoms with Gasteiger partial charge in [-0.2, -0.15) is 0 Å². The number of allylic oxidation sites excluding steroid dienone is 1. The molecule has 1 aromatic rings. The van der Waals surface area contributed by atoms with E-state index in [1.807, 2.05) is 0 Å². The van der Waals surface area contributed by atoms with E-state index in [-0.39, 0.29) is 29.1 Å². The van der Waals surface area contributed by atoms with Crippen LogP contribution in [-0.2, 0) is 0 Å². The first-order valence-corrected chi connectivity index (χ1v) is 10.1. The molecule has 1 aliphatic rings. The molecule has 2 heteroatoms. The van der Waals surface area contributed by atoms with Gasteiger partial charge in [0.25, 0.3) is 0 Å². The molecular formula is C25H44N2. The van der Waals surface area contributed by atoms with Gasteiger partial charge in [-0.3, -0.25) is 0 Å². The zero-order valence-electron chi connectivity index (χ0n) is 18.2. The molecule has 2 rings (SSSR count). The predicted octanol–water partition coefficient (Wildman–Crippen LogP) is 6.61. The number of rotatable bonds is 3. The summed E-state index contributed by atoms with van der Waals surface area (Å²) in [6.45, 7) is 18.4. The van der Waals surface area contributed by atoms with Crippen molar-refractivity contribution in [3.63, 3.8) is 0 Å². The third-order valence-corrected chi connectivity index (χ3v) is 7.40. The highest BCUT2D eigenvalue weighted by atomic mass is 15.1. The normalized spacial score (nSPS) is 21.2. The van der Waals surface area contributed by atoms with Crippen LogP contribution in [0.1, 0.15) is 87.6 Å². The second-order valence-electron chi connectivity index (χ2n) is 10.3. The van der Waals surface area contributed by atoms with Crippen molar-refractivity contribution in [1.82, 2.24) is 0 Å². The van der Waals surface area contributed by atoms with Gasteiger partial charge in [-0.15, -0.1) is 0 Å². The number of hydrogen-bond acceptors (Lipinski definition) is 2. The fourth-order valence-corrected chi connectivity index (χ4v) is 6.13. The summed E-state index contributed by atoms with van der Waals surface area (Å²) in [6.07, 6.45) is 5.21. The summed E-state index contributed by atoms with van der Waals surface area (Å²) >= 11 is 0. The largest absolute Gasteiger partial charge is 0.312 e. The SMILES string of the molecule is C.CCC1(CC)C=C(c2ccccc2)CC(C(C)(C)C)(C(C)(C)C)C1(N)N. The maximum atomic E-state index is 7.20. The van der Waals surface area contributed by atoms with E-state index in [9.17, 15) is 0 Å². The van der Waals surface area contributed by atoms with Crippen LogP contribution in [0.3, 0.4) is 0 Å². The quantitative estimate of drug-likeness (QED) is 0.587. The summed E-state index contributed by atoms with van der Waals surface area (Å²) in [4.78, 5) is 0. The Balaban J connectivity index is 0.00000364. The Morgan fingerprint density at radius 1 is 0.852 bits per heavy atom. The monoisotopic (exact) mass is 372 g/mol. The fraction of sp³-hybridized carbons (Fsp3) is 0.680. The fourth-order valence-electron chi connectivity index (χ4n) is 6.13. The summed E-state index contributed by atoms with van der Waals surface area (Å²) in [5.74, 6) is 0. The zero-order chi connectivity index (χ0) is 20.0. The van der Waals surface area contributed by atoms with Gasteiger partial charge in [-0.1, -0.05) is 99.2 Å². The van der Waals surface area contributed by atoms with Crippen molar-refractivity contribution in [3.8, 4) is 0 Å². The Hall–Kier alpha value is -1.12. The molecule has 0 fully saturated rings. The number of nitrogens with two attached hydrogens (primary N) is 2. The lowest BCUT2D eigenvalue weighted by molar-refractivity contribution is -0.141. The van der Waals surface area contributed by atoms with Gasteiger partial charge in [0.1, 0.15) is 0 Å². The molecule has 4 N–H and O–H groups in total. The molecule has 0 atom stereocenters. The molecule has 0 saturated heterocycles. The van der Waals surface area contributed by atoms with E-state index < -0.39 is 5.66 Å². The maximum Gasteiger partial charge on any atom is 0.0801 e. The minimum atomic E-state index is -0.793. The molecule has 1 aromatic carbocycles. The lowest BCUT2D eigenvalue weighted by atomic mass is 9.39. The third kappa shape index (κ3) is 3.29. The first kappa shape index (κ1) is 23.9. The molecule has 0 radical (unpaired) electrons. The van der Waals surface area contributed by atoms with Gasteiger partial charge in [-0.05, 0) is 41.2 Å². The van der Waals surface area contributed by atoms with Crippen LogP contribution in [0, 0.1) is 21.7 Å². The highest BCUT2D eigenvalue weighted by Gasteiger charge is 2.67. The van der Waals surface area contributed by atoms with Crippen LogP contribution >= 0.6 is 0 Å². The molecule has 1 aliphatic carbocycles. The van der Waals surface area contributed by atoms with E-state index in [2.05, 4.69) is 91.8 Å². The summed E-state index contributed by atoms with van der Waals surface area (Å²) in [6, 6.07) is 10.8. The third-order valence-electron chi connectivity index (χ3n) is 7.40. The van der Waals surface area contributed by atoms with Crippen LogP contribution in [0.25, 0.3) is 5.57 Å². The maximum absolute atomic E-state index is 7.20. The topological polar surface area (TPSA) is 52.0 Å². The van der Waals surface area contributed by atoms with Crippen LogP contribution in [0.2, 0.25) is 0 Å². The van der Waals surface area contributed by atoms with E-state index in [0.717, 1.165) is 19.3 Å². The molecule has 0 aromatic heterocycles. The van der Waals surface area contributed by atoms with Gasteiger partial charge in [0.15, 0.2) is 0 Å². The standard InChI is InChI=1S/C24H40N2.CH4/c1-9-22(10-2)16-19(18-14-12-11-13-15-18)17-23(20(3,4)5,21(6,7)8)24(22,25)26;/h11-16H,9-10,17,25-26H2,1-8H3;1H4. The highest BCUT2D eigenvalue weighted by Crippen LogP contribution is 2.67. The summed E-state index contributed by atoms with van der Waals surface area (Å²) < 4.78 is 0. The lowest BCUT2D eigenvalue weighted by Gasteiger charge is -2.68. The predicted molar refractivity (Wildman–Crippen MR) is 121 cm³/mol. The summed E-state index contributed by atoms with van der Waals surface area (Å²) in [7, 11) is 0. The molecular weight excluding hydrogens is 328 g/mol. The lowest BCUT2D eigenvalue weighted by Crippen LogP contribution is -2.78. The molecule has 0 saturated carbocycles. The molecule has 27 heavy (non-hydrogen) atoms. The van der Waals surface area contributed by atoms with E-state index in [0.29, 0.717) is 0 Å². The van der Waals surface area contributed by atoms with Crippen LogP contribution in [0.15, 0.2) is 36.4 Å². The average Bonchev–Trinajstić information content (AvgIpc) is 2.53. The molecule has 0 heterocycles. The van der Waals surface area contributed by atoms with Gasteiger partial charge in [-0.25, -0.2) is 0 Å². The number of benzene rings is 1. The Bertz CT molecular complexity index is 636.